The second-order valence-electron chi connectivity index (χ2n) is 4.81. The number of nitriles is 1. The van der Waals surface area contributed by atoms with Crippen molar-refractivity contribution in [3.63, 3.8) is 0 Å². The molecule has 3 rings (SSSR count). The highest BCUT2D eigenvalue weighted by Crippen LogP contribution is 2.33. The first-order chi connectivity index (χ1) is 10.4. The summed E-state index contributed by atoms with van der Waals surface area (Å²) in [6, 6.07) is 15.5. The molecule has 1 N–H and O–H groups in total. The highest BCUT2D eigenvalue weighted by Gasteiger charge is 2.14. The molecule has 0 saturated heterocycles. The molecule has 4 nitrogen and oxygen atoms in total. The van der Waals surface area contributed by atoms with Gasteiger partial charge in [-0.05, 0) is 18.2 Å². The van der Waals surface area contributed by atoms with Gasteiger partial charge in [0.1, 0.15) is 6.07 Å². The van der Waals surface area contributed by atoms with Crippen LogP contribution in [0.15, 0.2) is 42.5 Å². The lowest BCUT2D eigenvalue weighted by molar-refractivity contribution is 0.296. The minimum atomic E-state index is 0.589. The maximum atomic E-state index is 9.11. The van der Waals surface area contributed by atoms with Crippen LogP contribution in [-0.2, 0) is 6.54 Å². The van der Waals surface area contributed by atoms with Crippen molar-refractivity contribution in [3.8, 4) is 17.6 Å². The number of para-hydroxylation sites is 2. The van der Waals surface area contributed by atoms with Gasteiger partial charge in [-0.2, -0.15) is 5.26 Å². The normalized spacial score (nSPS) is 13.1. The summed E-state index contributed by atoms with van der Waals surface area (Å²) in [6.45, 7) is 1.94. The standard InChI is InChI=1S/C17H16N2O2/c18-11-13-5-1-2-7-15(13)19-12-14-6-3-8-16-17(14)21-10-4-9-20-16/h1-3,5-8,19H,4,9-10,12H2. The minimum Gasteiger partial charge on any atom is -0.490 e. The summed E-state index contributed by atoms with van der Waals surface area (Å²) in [5, 5.41) is 12.4. The van der Waals surface area contributed by atoms with Crippen molar-refractivity contribution in [3.05, 3.63) is 53.6 Å². The number of anilines is 1. The molecule has 0 atom stereocenters. The largest absolute Gasteiger partial charge is 0.490 e. The second-order valence-corrected chi connectivity index (χ2v) is 4.81. The van der Waals surface area contributed by atoms with Crippen LogP contribution in [0.1, 0.15) is 17.5 Å². The zero-order valence-electron chi connectivity index (χ0n) is 11.6. The predicted molar refractivity (Wildman–Crippen MR) is 80.5 cm³/mol. The molecule has 2 aromatic carbocycles. The zero-order valence-corrected chi connectivity index (χ0v) is 11.6. The van der Waals surface area contributed by atoms with Crippen molar-refractivity contribution in [2.24, 2.45) is 0 Å². The first-order valence-electron chi connectivity index (χ1n) is 6.99. The lowest BCUT2D eigenvalue weighted by Crippen LogP contribution is -2.04. The van der Waals surface area contributed by atoms with Crippen LogP contribution in [0.4, 0.5) is 5.69 Å². The summed E-state index contributed by atoms with van der Waals surface area (Å²) in [7, 11) is 0. The number of rotatable bonds is 3. The maximum absolute atomic E-state index is 9.11. The van der Waals surface area contributed by atoms with Crippen LogP contribution in [0.3, 0.4) is 0 Å². The molecule has 21 heavy (non-hydrogen) atoms. The minimum absolute atomic E-state index is 0.589. The van der Waals surface area contributed by atoms with E-state index in [1.54, 1.807) is 6.07 Å². The van der Waals surface area contributed by atoms with Gasteiger partial charge in [-0.15, -0.1) is 0 Å². The summed E-state index contributed by atoms with van der Waals surface area (Å²) in [4.78, 5) is 0. The van der Waals surface area contributed by atoms with Crippen LogP contribution in [0, 0.1) is 11.3 Å². The first kappa shape index (κ1) is 13.3. The van der Waals surface area contributed by atoms with Gasteiger partial charge in [-0.3, -0.25) is 0 Å². The van der Waals surface area contributed by atoms with Gasteiger partial charge in [0.2, 0.25) is 0 Å². The van der Waals surface area contributed by atoms with Gasteiger partial charge in [-0.25, -0.2) is 0 Å². The maximum Gasteiger partial charge on any atom is 0.166 e. The number of ether oxygens (including phenoxy) is 2. The Hall–Kier alpha value is -2.67. The molecule has 0 unspecified atom stereocenters. The van der Waals surface area contributed by atoms with E-state index in [2.05, 4.69) is 11.4 Å². The summed E-state index contributed by atoms with van der Waals surface area (Å²) in [5.74, 6) is 1.59. The lowest BCUT2D eigenvalue weighted by Gasteiger charge is -2.14. The number of fused-ring (bicyclic) bond motifs is 1. The Balaban J connectivity index is 1.81. The van der Waals surface area contributed by atoms with Gasteiger partial charge < -0.3 is 14.8 Å². The first-order valence-corrected chi connectivity index (χ1v) is 6.99. The molecule has 1 aliphatic heterocycles. The molecule has 2 aromatic rings. The molecule has 106 valence electrons. The predicted octanol–water partition coefficient (Wildman–Crippen LogP) is 3.33. The van der Waals surface area contributed by atoms with E-state index in [1.807, 2.05) is 36.4 Å². The van der Waals surface area contributed by atoms with Crippen LogP contribution < -0.4 is 14.8 Å². The molecule has 0 bridgehead atoms. The fourth-order valence-corrected chi connectivity index (χ4v) is 2.32. The molecular weight excluding hydrogens is 264 g/mol. The Kier molecular flexibility index (Phi) is 3.92. The average molecular weight is 280 g/mol. The average Bonchev–Trinajstić information content (AvgIpc) is 2.79. The highest BCUT2D eigenvalue weighted by molar-refractivity contribution is 5.58. The smallest absolute Gasteiger partial charge is 0.166 e. The van der Waals surface area contributed by atoms with E-state index in [0.717, 1.165) is 29.2 Å². The fourth-order valence-electron chi connectivity index (χ4n) is 2.32. The van der Waals surface area contributed by atoms with E-state index >= 15 is 0 Å². The number of hydrogen-bond acceptors (Lipinski definition) is 4. The van der Waals surface area contributed by atoms with Crippen molar-refractivity contribution in [2.75, 3.05) is 18.5 Å². The van der Waals surface area contributed by atoms with E-state index in [0.29, 0.717) is 25.3 Å². The van der Waals surface area contributed by atoms with E-state index < -0.39 is 0 Å². The number of hydrogen-bond donors (Lipinski definition) is 1. The van der Waals surface area contributed by atoms with Crippen LogP contribution in [0.2, 0.25) is 0 Å². The molecule has 0 aromatic heterocycles. The molecule has 0 amide bonds. The third-order valence-corrected chi connectivity index (χ3v) is 3.37. The third-order valence-electron chi connectivity index (χ3n) is 3.37. The van der Waals surface area contributed by atoms with E-state index in [9.17, 15) is 0 Å². The molecule has 0 aliphatic carbocycles. The van der Waals surface area contributed by atoms with Crippen molar-refractivity contribution < 1.29 is 9.47 Å². The van der Waals surface area contributed by atoms with Gasteiger partial charge in [-0.1, -0.05) is 24.3 Å². The Morgan fingerprint density at radius 3 is 2.81 bits per heavy atom. The van der Waals surface area contributed by atoms with Crippen LogP contribution in [0.5, 0.6) is 11.5 Å². The van der Waals surface area contributed by atoms with Gasteiger partial charge in [0.15, 0.2) is 11.5 Å². The van der Waals surface area contributed by atoms with Crippen molar-refractivity contribution in [1.82, 2.24) is 0 Å². The number of nitrogens with zero attached hydrogens (tertiary/aromatic N) is 1. The monoisotopic (exact) mass is 280 g/mol. The van der Waals surface area contributed by atoms with Gasteiger partial charge in [0.05, 0.1) is 24.5 Å². The van der Waals surface area contributed by atoms with E-state index in [4.69, 9.17) is 14.7 Å². The van der Waals surface area contributed by atoms with E-state index in [1.165, 1.54) is 0 Å². The summed E-state index contributed by atoms with van der Waals surface area (Å²) in [6.07, 6.45) is 0.888. The summed E-state index contributed by atoms with van der Waals surface area (Å²) >= 11 is 0. The quantitative estimate of drug-likeness (QED) is 0.937. The molecule has 1 aliphatic rings. The third kappa shape index (κ3) is 2.92. The highest BCUT2D eigenvalue weighted by atomic mass is 16.5. The fraction of sp³-hybridized carbons (Fsp3) is 0.235. The van der Waals surface area contributed by atoms with E-state index in [-0.39, 0.29) is 0 Å². The topological polar surface area (TPSA) is 54.3 Å². The van der Waals surface area contributed by atoms with Crippen LogP contribution in [0.25, 0.3) is 0 Å². The van der Waals surface area contributed by atoms with Crippen LogP contribution >= 0.6 is 0 Å². The second kappa shape index (κ2) is 6.19. The molecule has 0 radical (unpaired) electrons. The molecule has 1 heterocycles. The Bertz CT molecular complexity index is 677. The van der Waals surface area contributed by atoms with Crippen molar-refractivity contribution >= 4 is 5.69 Å². The summed E-state index contributed by atoms with van der Waals surface area (Å²) in [5.41, 5.74) is 2.49. The van der Waals surface area contributed by atoms with Gasteiger partial charge in [0, 0.05) is 18.5 Å². The number of nitrogens with one attached hydrogen (secondary N) is 1. The van der Waals surface area contributed by atoms with Crippen LogP contribution in [-0.4, -0.2) is 13.2 Å². The molecular formula is C17H16N2O2. The Morgan fingerprint density at radius 1 is 1.05 bits per heavy atom. The molecule has 0 saturated carbocycles. The Labute approximate surface area is 123 Å². The zero-order chi connectivity index (χ0) is 14.5. The van der Waals surface area contributed by atoms with Gasteiger partial charge in [0.25, 0.3) is 0 Å². The molecule has 4 heteroatoms. The molecule has 0 spiro atoms. The number of benzene rings is 2. The summed E-state index contributed by atoms with van der Waals surface area (Å²) < 4.78 is 11.5. The SMILES string of the molecule is N#Cc1ccccc1NCc1cccc2c1OCCCO2. The van der Waals surface area contributed by atoms with Crippen molar-refractivity contribution in [2.45, 2.75) is 13.0 Å². The Morgan fingerprint density at radius 2 is 1.90 bits per heavy atom. The van der Waals surface area contributed by atoms with Crippen molar-refractivity contribution in [1.29, 1.82) is 5.26 Å². The van der Waals surface area contributed by atoms with Gasteiger partial charge >= 0.3 is 0 Å². The lowest BCUT2D eigenvalue weighted by atomic mass is 10.1. The molecule has 0 fully saturated rings.